The van der Waals surface area contributed by atoms with E-state index in [9.17, 15) is 4.79 Å². The lowest BCUT2D eigenvalue weighted by atomic mass is 9.98. The van der Waals surface area contributed by atoms with Crippen molar-refractivity contribution in [1.29, 1.82) is 0 Å². The van der Waals surface area contributed by atoms with Crippen LogP contribution in [0.2, 0.25) is 0 Å². The fourth-order valence-electron chi connectivity index (χ4n) is 4.43. The molecule has 32 heavy (non-hydrogen) atoms. The predicted octanol–water partition coefficient (Wildman–Crippen LogP) is 5.73. The Kier molecular flexibility index (Phi) is 10.3. The lowest BCUT2D eigenvalue weighted by Gasteiger charge is -2.41. The molecule has 0 aromatic heterocycles. The Hall–Kier alpha value is -1.76. The van der Waals surface area contributed by atoms with Gasteiger partial charge in [-0.1, -0.05) is 25.1 Å². The second-order valence-electron chi connectivity index (χ2n) is 8.07. The van der Waals surface area contributed by atoms with Crippen molar-refractivity contribution in [3.05, 3.63) is 52.5 Å². The maximum absolute atomic E-state index is 12.7. The minimum atomic E-state index is 0. The number of methoxy groups -OCH3 is 2. The van der Waals surface area contributed by atoms with Crippen LogP contribution in [0.4, 0.5) is 5.69 Å². The smallest absolute Gasteiger partial charge is 0.226 e. The molecule has 5 nitrogen and oxygen atoms in total. The zero-order valence-electron chi connectivity index (χ0n) is 19.3. The number of nitrogens with zero attached hydrogens (tertiary/aromatic N) is 2. The summed E-state index contributed by atoms with van der Waals surface area (Å²) in [5.74, 6) is 1.89. The third kappa shape index (κ3) is 6.18. The first-order chi connectivity index (χ1) is 15.0. The Morgan fingerprint density at radius 2 is 1.75 bits per heavy atom. The Balaban J connectivity index is 0.00000363. The largest absolute Gasteiger partial charge is 0.496 e. The number of anilines is 1. The lowest BCUT2D eigenvalue weighted by molar-refractivity contribution is -0.119. The number of halogens is 2. The third-order valence-corrected chi connectivity index (χ3v) is 6.78. The van der Waals surface area contributed by atoms with Crippen molar-refractivity contribution in [2.45, 2.75) is 51.6 Å². The first-order valence-corrected chi connectivity index (χ1v) is 11.8. The van der Waals surface area contributed by atoms with E-state index < -0.39 is 0 Å². The van der Waals surface area contributed by atoms with Crippen LogP contribution in [0.25, 0.3) is 0 Å². The highest BCUT2D eigenvalue weighted by Gasteiger charge is 2.30. The van der Waals surface area contributed by atoms with E-state index in [1.54, 1.807) is 14.2 Å². The summed E-state index contributed by atoms with van der Waals surface area (Å²) in [4.78, 5) is 17.2. The maximum atomic E-state index is 12.7. The molecule has 7 heteroatoms. The molecule has 1 heterocycles. The van der Waals surface area contributed by atoms with Gasteiger partial charge >= 0.3 is 0 Å². The van der Waals surface area contributed by atoms with Gasteiger partial charge in [-0.15, -0.1) is 12.4 Å². The molecule has 3 rings (SSSR count). The van der Waals surface area contributed by atoms with Crippen LogP contribution < -0.4 is 14.4 Å². The molecule has 1 saturated heterocycles. The van der Waals surface area contributed by atoms with E-state index in [0.29, 0.717) is 12.5 Å². The van der Waals surface area contributed by atoms with E-state index in [1.807, 2.05) is 48.2 Å². The van der Waals surface area contributed by atoms with Gasteiger partial charge in [0.15, 0.2) is 0 Å². The van der Waals surface area contributed by atoms with Crippen LogP contribution in [-0.4, -0.2) is 50.2 Å². The van der Waals surface area contributed by atoms with Gasteiger partial charge in [-0.25, -0.2) is 0 Å². The fraction of sp³-hybridized carbons (Fsp3) is 0.480. The second kappa shape index (κ2) is 12.5. The van der Waals surface area contributed by atoms with Crippen molar-refractivity contribution >= 4 is 39.9 Å². The van der Waals surface area contributed by atoms with E-state index in [1.165, 1.54) is 0 Å². The number of ether oxygens (including phenoxy) is 2. The van der Waals surface area contributed by atoms with E-state index in [4.69, 9.17) is 9.47 Å². The number of carbonyl (C=O) groups is 1. The van der Waals surface area contributed by atoms with Crippen molar-refractivity contribution in [2.24, 2.45) is 0 Å². The number of para-hydroxylation sites is 1. The maximum Gasteiger partial charge on any atom is 0.226 e. The van der Waals surface area contributed by atoms with Gasteiger partial charge in [0.25, 0.3) is 0 Å². The Morgan fingerprint density at radius 1 is 1.12 bits per heavy atom. The van der Waals surface area contributed by atoms with E-state index in [-0.39, 0.29) is 24.4 Å². The zero-order chi connectivity index (χ0) is 22.4. The minimum absolute atomic E-state index is 0. The number of rotatable bonds is 8. The molecule has 0 aliphatic carbocycles. The SMILES string of the molecule is CCC(=O)N(c1ccccc1)C1CCN(C(C)Cc2cc(OC)c(Br)cc2OC)CC1.Cl. The van der Waals surface area contributed by atoms with Crippen LogP contribution in [0.3, 0.4) is 0 Å². The van der Waals surface area contributed by atoms with Gasteiger partial charge in [-0.2, -0.15) is 0 Å². The number of hydrogen-bond acceptors (Lipinski definition) is 4. The van der Waals surface area contributed by atoms with Gasteiger partial charge in [0.2, 0.25) is 5.91 Å². The minimum Gasteiger partial charge on any atom is -0.496 e. The highest BCUT2D eigenvalue weighted by molar-refractivity contribution is 9.10. The van der Waals surface area contributed by atoms with Gasteiger partial charge in [-0.05, 0) is 71.9 Å². The molecule has 0 saturated carbocycles. The molecule has 0 N–H and O–H groups in total. The van der Waals surface area contributed by atoms with Gasteiger partial charge in [0.1, 0.15) is 11.5 Å². The summed E-state index contributed by atoms with van der Waals surface area (Å²) < 4.78 is 12.0. The Bertz CT molecular complexity index is 873. The first kappa shape index (κ1) is 26.5. The third-order valence-electron chi connectivity index (χ3n) is 6.16. The van der Waals surface area contributed by atoms with Crippen LogP contribution in [0.15, 0.2) is 46.9 Å². The molecular weight excluding hydrogens is 492 g/mol. The molecule has 2 aromatic carbocycles. The van der Waals surface area contributed by atoms with E-state index in [2.05, 4.69) is 33.8 Å². The van der Waals surface area contributed by atoms with Crippen LogP contribution in [0.5, 0.6) is 11.5 Å². The molecular formula is C25H34BrClN2O3. The topological polar surface area (TPSA) is 42.0 Å². The molecule has 1 fully saturated rings. The molecule has 1 unspecified atom stereocenters. The molecule has 0 radical (unpaired) electrons. The summed E-state index contributed by atoms with van der Waals surface area (Å²) >= 11 is 3.53. The molecule has 1 aliphatic rings. The fourth-order valence-corrected chi connectivity index (χ4v) is 4.92. The molecule has 2 aromatic rings. The average molecular weight is 526 g/mol. The standard InChI is InChI=1S/C25H33BrN2O3.ClH/c1-5-25(29)28(20-9-7-6-8-10-20)21-11-13-27(14-12-21)18(2)15-19-16-24(31-4)22(26)17-23(19)30-3;/h6-10,16-18,21H,5,11-15H2,1-4H3;1H. The Morgan fingerprint density at radius 3 is 2.31 bits per heavy atom. The average Bonchev–Trinajstić information content (AvgIpc) is 2.81. The van der Waals surface area contributed by atoms with Gasteiger partial charge < -0.3 is 19.3 Å². The number of likely N-dealkylation sites (tertiary alicyclic amines) is 1. The Labute approximate surface area is 206 Å². The monoisotopic (exact) mass is 524 g/mol. The summed E-state index contributed by atoms with van der Waals surface area (Å²) in [5.41, 5.74) is 2.15. The van der Waals surface area contributed by atoms with Gasteiger partial charge in [0, 0.05) is 37.3 Å². The predicted molar refractivity (Wildman–Crippen MR) is 136 cm³/mol. The number of piperidine rings is 1. The van der Waals surface area contributed by atoms with Crippen molar-refractivity contribution in [1.82, 2.24) is 4.90 Å². The number of carbonyl (C=O) groups excluding carboxylic acids is 1. The molecule has 0 bridgehead atoms. The van der Waals surface area contributed by atoms with Crippen LogP contribution in [0.1, 0.15) is 38.7 Å². The van der Waals surface area contributed by atoms with E-state index >= 15 is 0 Å². The highest BCUT2D eigenvalue weighted by Crippen LogP contribution is 2.34. The van der Waals surface area contributed by atoms with E-state index in [0.717, 1.165) is 59.6 Å². The number of benzene rings is 2. The van der Waals surface area contributed by atoms with Crippen molar-refractivity contribution in [2.75, 3.05) is 32.2 Å². The number of amides is 1. The first-order valence-electron chi connectivity index (χ1n) is 11.0. The lowest BCUT2D eigenvalue weighted by Crippen LogP contribution is -2.49. The summed E-state index contributed by atoms with van der Waals surface area (Å²) in [5, 5.41) is 0. The van der Waals surface area contributed by atoms with Crippen molar-refractivity contribution in [3.8, 4) is 11.5 Å². The summed E-state index contributed by atoms with van der Waals surface area (Å²) in [6.45, 7) is 6.15. The summed E-state index contributed by atoms with van der Waals surface area (Å²) in [6.07, 6.45) is 3.36. The summed E-state index contributed by atoms with van der Waals surface area (Å²) in [6, 6.07) is 14.7. The zero-order valence-corrected chi connectivity index (χ0v) is 21.7. The van der Waals surface area contributed by atoms with Gasteiger partial charge in [-0.3, -0.25) is 4.79 Å². The second-order valence-corrected chi connectivity index (χ2v) is 8.93. The molecule has 0 spiro atoms. The molecule has 1 amide bonds. The van der Waals surface area contributed by atoms with Crippen molar-refractivity contribution < 1.29 is 14.3 Å². The molecule has 1 aliphatic heterocycles. The number of hydrogen-bond donors (Lipinski definition) is 0. The molecule has 176 valence electrons. The normalized spacial score (nSPS) is 15.5. The van der Waals surface area contributed by atoms with Crippen LogP contribution in [0, 0.1) is 0 Å². The van der Waals surface area contributed by atoms with Gasteiger partial charge in [0.05, 0.1) is 18.7 Å². The van der Waals surface area contributed by atoms with Crippen LogP contribution in [-0.2, 0) is 11.2 Å². The highest BCUT2D eigenvalue weighted by atomic mass is 79.9. The van der Waals surface area contributed by atoms with Crippen molar-refractivity contribution in [3.63, 3.8) is 0 Å². The summed E-state index contributed by atoms with van der Waals surface area (Å²) in [7, 11) is 3.39. The van der Waals surface area contributed by atoms with Crippen LogP contribution >= 0.6 is 28.3 Å². The quantitative estimate of drug-likeness (QED) is 0.442. The molecule has 1 atom stereocenters.